The van der Waals surface area contributed by atoms with Gasteiger partial charge in [-0.15, -0.1) is 0 Å². The average molecular weight is 224 g/mol. The van der Waals surface area contributed by atoms with E-state index in [0.29, 0.717) is 19.0 Å². The molecule has 88 valence electrons. The predicted molar refractivity (Wildman–Crippen MR) is 61.4 cm³/mol. The topological polar surface area (TPSA) is 62.1 Å². The molecule has 5 nitrogen and oxygen atoms in total. The molecule has 0 amide bonds. The molecule has 0 aliphatic carbocycles. The first-order chi connectivity index (χ1) is 7.65. The molecule has 0 atom stereocenters. The Bertz CT molecular complexity index is 328. The van der Waals surface area contributed by atoms with E-state index in [-0.39, 0.29) is 5.57 Å². The smallest absolute Gasteiger partial charge is 0.331 e. The van der Waals surface area contributed by atoms with E-state index in [4.69, 9.17) is 9.84 Å². The van der Waals surface area contributed by atoms with E-state index in [9.17, 15) is 4.79 Å². The summed E-state index contributed by atoms with van der Waals surface area (Å²) in [5, 5.41) is 8.70. The maximum atomic E-state index is 10.6. The minimum atomic E-state index is -0.929. The molecule has 1 heterocycles. The summed E-state index contributed by atoms with van der Waals surface area (Å²) in [4.78, 5) is 16.5. The monoisotopic (exact) mass is 224 g/mol. The first-order valence-corrected chi connectivity index (χ1v) is 5.06. The number of ether oxygens (including phenoxy) is 1. The Kier molecular flexibility index (Phi) is 4.72. The summed E-state index contributed by atoms with van der Waals surface area (Å²) < 4.78 is 5.22. The molecule has 0 bridgehead atoms. The molecule has 0 saturated carbocycles. The van der Waals surface area contributed by atoms with Gasteiger partial charge in [-0.2, -0.15) is 0 Å². The normalized spacial score (nSPS) is 18.4. The lowest BCUT2D eigenvalue weighted by Crippen LogP contribution is -2.35. The van der Waals surface area contributed by atoms with E-state index in [1.807, 2.05) is 4.90 Å². The van der Waals surface area contributed by atoms with Crippen LogP contribution in [0.2, 0.25) is 0 Å². The van der Waals surface area contributed by atoms with E-state index in [1.165, 1.54) is 6.08 Å². The van der Waals surface area contributed by atoms with Gasteiger partial charge in [-0.05, 0) is 25.8 Å². The quantitative estimate of drug-likeness (QED) is 0.437. The predicted octanol–water partition coefficient (Wildman–Crippen LogP) is 0.891. The largest absolute Gasteiger partial charge is 0.478 e. The van der Waals surface area contributed by atoms with Crippen LogP contribution in [0.4, 0.5) is 0 Å². The number of allylic oxidation sites excluding steroid dienone is 2. The zero-order chi connectivity index (χ0) is 12.0. The fourth-order valence-electron chi connectivity index (χ4n) is 1.32. The lowest BCUT2D eigenvalue weighted by atomic mass is 10.3. The molecule has 1 fully saturated rings. The highest BCUT2D eigenvalue weighted by atomic mass is 16.5. The SMILES string of the molecule is C=N/C(=C\C=C(/C)C(=O)O)N1CCOCC1. The molecular weight excluding hydrogens is 208 g/mol. The molecule has 1 aliphatic heterocycles. The maximum absolute atomic E-state index is 10.6. The number of carbonyl (C=O) groups is 1. The number of hydrogen-bond donors (Lipinski definition) is 1. The second-order valence-corrected chi connectivity index (χ2v) is 3.44. The van der Waals surface area contributed by atoms with Crippen molar-refractivity contribution in [3.05, 3.63) is 23.5 Å². The minimum Gasteiger partial charge on any atom is -0.478 e. The minimum absolute atomic E-state index is 0.273. The van der Waals surface area contributed by atoms with Crippen LogP contribution in [0.5, 0.6) is 0 Å². The third-order valence-electron chi connectivity index (χ3n) is 2.32. The van der Waals surface area contributed by atoms with Gasteiger partial charge in [-0.3, -0.25) is 0 Å². The van der Waals surface area contributed by atoms with Crippen LogP contribution in [0.25, 0.3) is 0 Å². The third-order valence-corrected chi connectivity index (χ3v) is 2.32. The second-order valence-electron chi connectivity index (χ2n) is 3.44. The number of aliphatic carboxylic acids is 1. The van der Waals surface area contributed by atoms with Crippen molar-refractivity contribution in [2.75, 3.05) is 26.3 Å². The summed E-state index contributed by atoms with van der Waals surface area (Å²) in [6.07, 6.45) is 3.20. The molecule has 1 aliphatic rings. The highest BCUT2D eigenvalue weighted by Gasteiger charge is 2.11. The highest BCUT2D eigenvalue weighted by Crippen LogP contribution is 2.09. The molecule has 0 aromatic carbocycles. The Morgan fingerprint density at radius 1 is 1.44 bits per heavy atom. The van der Waals surface area contributed by atoms with Crippen molar-refractivity contribution in [3.63, 3.8) is 0 Å². The molecule has 1 N–H and O–H groups in total. The van der Waals surface area contributed by atoms with Gasteiger partial charge in [-0.1, -0.05) is 0 Å². The summed E-state index contributed by atoms with van der Waals surface area (Å²) >= 11 is 0. The Labute approximate surface area is 94.7 Å². The Morgan fingerprint density at radius 3 is 2.56 bits per heavy atom. The van der Waals surface area contributed by atoms with E-state index in [1.54, 1.807) is 13.0 Å². The number of aliphatic imine (C=N–C) groups is 1. The first kappa shape index (κ1) is 12.4. The van der Waals surface area contributed by atoms with Crippen LogP contribution in [0.15, 0.2) is 28.5 Å². The van der Waals surface area contributed by atoms with Crippen molar-refractivity contribution in [1.29, 1.82) is 0 Å². The number of hydrogen-bond acceptors (Lipinski definition) is 4. The van der Waals surface area contributed by atoms with Crippen molar-refractivity contribution in [2.24, 2.45) is 4.99 Å². The van der Waals surface area contributed by atoms with Gasteiger partial charge in [0, 0.05) is 18.7 Å². The standard InChI is InChI=1S/C11H16N2O3/c1-9(11(14)15)3-4-10(12-2)13-5-7-16-8-6-13/h3-4H,2,5-8H2,1H3,(H,14,15)/b9-3+,10-4+. The van der Waals surface area contributed by atoms with Crippen LogP contribution in [0, 0.1) is 0 Å². The number of nitrogens with zero attached hydrogens (tertiary/aromatic N) is 2. The molecule has 1 rings (SSSR count). The zero-order valence-electron chi connectivity index (χ0n) is 9.35. The fourth-order valence-corrected chi connectivity index (χ4v) is 1.32. The lowest BCUT2D eigenvalue weighted by molar-refractivity contribution is -0.132. The van der Waals surface area contributed by atoms with Gasteiger partial charge in [0.2, 0.25) is 0 Å². The van der Waals surface area contributed by atoms with Gasteiger partial charge in [0.05, 0.1) is 13.2 Å². The van der Waals surface area contributed by atoms with E-state index in [2.05, 4.69) is 11.7 Å². The fraction of sp³-hybridized carbons (Fsp3) is 0.455. The molecular formula is C11H16N2O3. The van der Waals surface area contributed by atoms with E-state index >= 15 is 0 Å². The first-order valence-electron chi connectivity index (χ1n) is 5.06. The van der Waals surface area contributed by atoms with Gasteiger partial charge in [0.25, 0.3) is 0 Å². The van der Waals surface area contributed by atoms with Crippen LogP contribution in [-0.4, -0.2) is 49.0 Å². The Morgan fingerprint density at radius 2 is 2.06 bits per heavy atom. The van der Waals surface area contributed by atoms with Crippen LogP contribution in [-0.2, 0) is 9.53 Å². The second kappa shape index (κ2) is 6.07. The van der Waals surface area contributed by atoms with Gasteiger partial charge < -0.3 is 14.7 Å². The van der Waals surface area contributed by atoms with E-state index in [0.717, 1.165) is 13.1 Å². The van der Waals surface area contributed by atoms with Crippen molar-refractivity contribution >= 4 is 12.7 Å². The van der Waals surface area contributed by atoms with Crippen molar-refractivity contribution in [2.45, 2.75) is 6.92 Å². The highest BCUT2D eigenvalue weighted by molar-refractivity contribution is 5.86. The Hall–Kier alpha value is -1.62. The Balaban J connectivity index is 2.72. The van der Waals surface area contributed by atoms with Crippen LogP contribution >= 0.6 is 0 Å². The van der Waals surface area contributed by atoms with Gasteiger partial charge in [-0.25, -0.2) is 9.79 Å². The van der Waals surface area contributed by atoms with Crippen LogP contribution < -0.4 is 0 Å². The molecule has 16 heavy (non-hydrogen) atoms. The van der Waals surface area contributed by atoms with Crippen molar-refractivity contribution < 1.29 is 14.6 Å². The summed E-state index contributed by atoms with van der Waals surface area (Å²) in [6.45, 7) is 7.85. The summed E-state index contributed by atoms with van der Waals surface area (Å²) in [5.41, 5.74) is 0.273. The third kappa shape index (κ3) is 3.51. The van der Waals surface area contributed by atoms with Crippen LogP contribution in [0.3, 0.4) is 0 Å². The molecule has 0 radical (unpaired) electrons. The molecule has 0 unspecified atom stereocenters. The summed E-state index contributed by atoms with van der Waals surface area (Å²) in [6, 6.07) is 0. The molecule has 1 saturated heterocycles. The summed E-state index contributed by atoms with van der Waals surface area (Å²) in [5.74, 6) is -0.245. The number of carboxylic acids is 1. The number of carboxylic acid groups (broad SMARTS) is 1. The van der Waals surface area contributed by atoms with Crippen molar-refractivity contribution in [1.82, 2.24) is 4.90 Å². The number of morpholine rings is 1. The number of rotatable bonds is 4. The maximum Gasteiger partial charge on any atom is 0.331 e. The zero-order valence-corrected chi connectivity index (χ0v) is 9.35. The van der Waals surface area contributed by atoms with Gasteiger partial charge in [0.1, 0.15) is 5.82 Å². The molecule has 0 spiro atoms. The van der Waals surface area contributed by atoms with Crippen LogP contribution in [0.1, 0.15) is 6.92 Å². The molecule has 5 heteroatoms. The van der Waals surface area contributed by atoms with Gasteiger partial charge in [0.15, 0.2) is 0 Å². The van der Waals surface area contributed by atoms with Gasteiger partial charge >= 0.3 is 5.97 Å². The molecule has 0 aromatic heterocycles. The van der Waals surface area contributed by atoms with E-state index < -0.39 is 5.97 Å². The average Bonchev–Trinajstić information content (AvgIpc) is 2.30. The van der Waals surface area contributed by atoms with Crippen molar-refractivity contribution in [3.8, 4) is 0 Å². The summed E-state index contributed by atoms with van der Waals surface area (Å²) in [7, 11) is 0. The molecule has 0 aromatic rings. The lowest BCUT2D eigenvalue weighted by Gasteiger charge is -2.28.